The Morgan fingerprint density at radius 1 is 1.54 bits per heavy atom. The fraction of sp³-hybridized carbons (Fsp3) is 0.556. The number of nitrogens with two attached hydrogens (primary N) is 1. The quantitative estimate of drug-likeness (QED) is 0.760. The van der Waals surface area contributed by atoms with Gasteiger partial charge in [0.25, 0.3) is 0 Å². The van der Waals surface area contributed by atoms with E-state index in [1.807, 2.05) is 0 Å². The molecule has 1 heterocycles. The summed E-state index contributed by atoms with van der Waals surface area (Å²) in [6.45, 7) is 2.10. The molecule has 0 fully saturated rings. The van der Waals surface area contributed by atoms with Gasteiger partial charge in [0.2, 0.25) is 5.88 Å². The summed E-state index contributed by atoms with van der Waals surface area (Å²) in [4.78, 5) is 8.00. The molecule has 0 radical (unpaired) electrons. The normalized spacial score (nSPS) is 12.5. The van der Waals surface area contributed by atoms with Crippen LogP contribution in [0.15, 0.2) is 12.4 Å². The molecule has 0 aliphatic rings. The van der Waals surface area contributed by atoms with E-state index in [0.29, 0.717) is 5.88 Å². The molecule has 0 aliphatic carbocycles. The molecule has 13 heavy (non-hydrogen) atoms. The van der Waals surface area contributed by atoms with Crippen molar-refractivity contribution >= 4 is 0 Å². The minimum Gasteiger partial charge on any atom is -0.481 e. The monoisotopic (exact) mass is 181 g/mol. The van der Waals surface area contributed by atoms with Crippen molar-refractivity contribution < 1.29 is 4.74 Å². The van der Waals surface area contributed by atoms with Gasteiger partial charge in [-0.05, 0) is 6.42 Å². The number of nitrogens with zero attached hydrogens (tertiary/aromatic N) is 2. The molecular formula is C9H15N3O. The summed E-state index contributed by atoms with van der Waals surface area (Å²) < 4.78 is 4.98. The van der Waals surface area contributed by atoms with Crippen molar-refractivity contribution in [3.63, 3.8) is 0 Å². The van der Waals surface area contributed by atoms with Crippen molar-refractivity contribution in [3.8, 4) is 5.88 Å². The number of methoxy groups -OCH3 is 1. The van der Waals surface area contributed by atoms with Crippen LogP contribution in [0.3, 0.4) is 0 Å². The number of aromatic nitrogens is 2. The first kappa shape index (κ1) is 9.92. The van der Waals surface area contributed by atoms with Gasteiger partial charge in [-0.15, -0.1) is 0 Å². The molecular weight excluding hydrogens is 166 g/mol. The Balaban J connectivity index is 2.75. The summed E-state index contributed by atoms with van der Waals surface area (Å²) in [6, 6.07) is 1.77. The van der Waals surface area contributed by atoms with Gasteiger partial charge >= 0.3 is 0 Å². The van der Waals surface area contributed by atoms with Crippen LogP contribution < -0.4 is 10.5 Å². The summed E-state index contributed by atoms with van der Waals surface area (Å²) >= 11 is 0. The Morgan fingerprint density at radius 2 is 2.31 bits per heavy atom. The van der Waals surface area contributed by atoms with Crippen LogP contribution >= 0.6 is 0 Å². The highest BCUT2D eigenvalue weighted by Gasteiger charge is 2.07. The summed E-state index contributed by atoms with van der Waals surface area (Å²) in [5, 5.41) is 0. The highest BCUT2D eigenvalue weighted by atomic mass is 16.5. The van der Waals surface area contributed by atoms with E-state index >= 15 is 0 Å². The largest absolute Gasteiger partial charge is 0.481 e. The van der Waals surface area contributed by atoms with Gasteiger partial charge in [0.05, 0.1) is 12.8 Å². The summed E-state index contributed by atoms with van der Waals surface area (Å²) in [5.74, 6) is 0.566. The van der Waals surface area contributed by atoms with Crippen molar-refractivity contribution in [2.45, 2.75) is 25.8 Å². The van der Waals surface area contributed by atoms with Crippen LogP contribution in [-0.2, 0) is 0 Å². The molecule has 0 spiro atoms. The van der Waals surface area contributed by atoms with E-state index in [9.17, 15) is 0 Å². The predicted octanol–water partition coefficient (Wildman–Crippen LogP) is 1.29. The van der Waals surface area contributed by atoms with Gasteiger partial charge in [0, 0.05) is 12.1 Å². The molecule has 0 saturated heterocycles. The SMILES string of the molecule is CCC[C@H](N)c1cc(OC)ncn1. The lowest BCUT2D eigenvalue weighted by molar-refractivity contribution is 0.395. The van der Waals surface area contributed by atoms with Crippen molar-refractivity contribution in [3.05, 3.63) is 18.1 Å². The van der Waals surface area contributed by atoms with Crippen LogP contribution in [0.4, 0.5) is 0 Å². The van der Waals surface area contributed by atoms with Crippen LogP contribution in [0.1, 0.15) is 31.5 Å². The molecule has 0 unspecified atom stereocenters. The minimum absolute atomic E-state index is 0.0121. The molecule has 0 aliphatic heterocycles. The summed E-state index contributed by atoms with van der Waals surface area (Å²) in [5.41, 5.74) is 6.72. The van der Waals surface area contributed by atoms with Gasteiger partial charge in [0.15, 0.2) is 0 Å². The van der Waals surface area contributed by atoms with Gasteiger partial charge in [-0.2, -0.15) is 0 Å². The second-order valence-corrected chi connectivity index (χ2v) is 2.88. The minimum atomic E-state index is -0.0121. The molecule has 1 aromatic heterocycles. The number of ether oxygens (including phenoxy) is 1. The van der Waals surface area contributed by atoms with Gasteiger partial charge in [-0.3, -0.25) is 0 Å². The highest BCUT2D eigenvalue weighted by Crippen LogP contribution is 2.15. The average molecular weight is 181 g/mol. The second kappa shape index (κ2) is 4.77. The van der Waals surface area contributed by atoms with E-state index in [1.54, 1.807) is 13.2 Å². The standard InChI is InChI=1S/C9H15N3O/c1-3-4-7(10)8-5-9(13-2)12-6-11-8/h5-7H,3-4,10H2,1-2H3/t7-/m0/s1. The van der Waals surface area contributed by atoms with Crippen LogP contribution in [0.5, 0.6) is 5.88 Å². The first-order valence-corrected chi connectivity index (χ1v) is 4.39. The van der Waals surface area contributed by atoms with Crippen molar-refractivity contribution in [1.82, 2.24) is 9.97 Å². The van der Waals surface area contributed by atoms with E-state index in [-0.39, 0.29) is 6.04 Å². The van der Waals surface area contributed by atoms with Crippen molar-refractivity contribution in [2.24, 2.45) is 5.73 Å². The molecule has 1 aromatic rings. The molecule has 0 bridgehead atoms. The Bertz CT molecular complexity index is 265. The van der Waals surface area contributed by atoms with Crippen LogP contribution in [0, 0.1) is 0 Å². The summed E-state index contributed by atoms with van der Waals surface area (Å²) in [6.07, 6.45) is 3.46. The number of hydrogen-bond donors (Lipinski definition) is 1. The van der Waals surface area contributed by atoms with E-state index in [1.165, 1.54) is 6.33 Å². The third kappa shape index (κ3) is 2.66. The lowest BCUT2D eigenvalue weighted by Crippen LogP contribution is -2.11. The molecule has 1 atom stereocenters. The number of rotatable bonds is 4. The number of hydrogen-bond acceptors (Lipinski definition) is 4. The van der Waals surface area contributed by atoms with E-state index in [4.69, 9.17) is 10.5 Å². The van der Waals surface area contributed by atoms with Crippen LogP contribution in [0.25, 0.3) is 0 Å². The van der Waals surface area contributed by atoms with E-state index < -0.39 is 0 Å². The average Bonchev–Trinajstić information content (AvgIpc) is 2.18. The fourth-order valence-corrected chi connectivity index (χ4v) is 1.13. The third-order valence-corrected chi connectivity index (χ3v) is 1.85. The van der Waals surface area contributed by atoms with Crippen LogP contribution in [0.2, 0.25) is 0 Å². The van der Waals surface area contributed by atoms with E-state index in [2.05, 4.69) is 16.9 Å². The molecule has 2 N–H and O–H groups in total. The lowest BCUT2D eigenvalue weighted by Gasteiger charge is -2.09. The van der Waals surface area contributed by atoms with Gasteiger partial charge in [-0.1, -0.05) is 13.3 Å². The second-order valence-electron chi connectivity index (χ2n) is 2.88. The molecule has 0 saturated carbocycles. The zero-order valence-corrected chi connectivity index (χ0v) is 8.03. The maximum atomic E-state index is 5.88. The first-order valence-electron chi connectivity index (χ1n) is 4.39. The third-order valence-electron chi connectivity index (χ3n) is 1.85. The zero-order chi connectivity index (χ0) is 9.68. The Kier molecular flexibility index (Phi) is 3.64. The fourth-order valence-electron chi connectivity index (χ4n) is 1.13. The van der Waals surface area contributed by atoms with Crippen LogP contribution in [-0.4, -0.2) is 17.1 Å². The Morgan fingerprint density at radius 3 is 2.92 bits per heavy atom. The van der Waals surface area contributed by atoms with Gasteiger partial charge < -0.3 is 10.5 Å². The Hall–Kier alpha value is -1.16. The molecule has 4 heteroatoms. The molecule has 0 amide bonds. The maximum absolute atomic E-state index is 5.88. The highest BCUT2D eigenvalue weighted by molar-refractivity contribution is 5.15. The summed E-state index contributed by atoms with van der Waals surface area (Å²) in [7, 11) is 1.58. The predicted molar refractivity (Wildman–Crippen MR) is 50.4 cm³/mol. The smallest absolute Gasteiger partial charge is 0.216 e. The Labute approximate surface area is 78.1 Å². The zero-order valence-electron chi connectivity index (χ0n) is 8.03. The lowest BCUT2D eigenvalue weighted by atomic mass is 10.1. The molecule has 0 aromatic carbocycles. The maximum Gasteiger partial charge on any atom is 0.216 e. The van der Waals surface area contributed by atoms with Gasteiger partial charge in [0.1, 0.15) is 6.33 Å². The first-order chi connectivity index (χ1) is 6.27. The van der Waals surface area contributed by atoms with Crippen molar-refractivity contribution in [2.75, 3.05) is 7.11 Å². The van der Waals surface area contributed by atoms with E-state index in [0.717, 1.165) is 18.5 Å². The topological polar surface area (TPSA) is 61.0 Å². The molecule has 72 valence electrons. The molecule has 4 nitrogen and oxygen atoms in total. The molecule has 1 rings (SSSR count). The van der Waals surface area contributed by atoms with Crippen molar-refractivity contribution in [1.29, 1.82) is 0 Å². The van der Waals surface area contributed by atoms with Gasteiger partial charge in [-0.25, -0.2) is 9.97 Å².